The summed E-state index contributed by atoms with van der Waals surface area (Å²) in [5.41, 5.74) is 5.86. The smallest absolute Gasteiger partial charge is 0.151 e. The van der Waals surface area contributed by atoms with Gasteiger partial charge in [-0.15, -0.1) is 0 Å². The van der Waals surface area contributed by atoms with Crippen LogP contribution in [0.1, 0.15) is 18.5 Å². The van der Waals surface area contributed by atoms with Gasteiger partial charge in [0, 0.05) is 6.20 Å². The first-order valence-electron chi connectivity index (χ1n) is 3.47. The normalized spacial score (nSPS) is 12.6. The standard InChI is InChI=1S/C8H9FN2O/c1-5(12)8(10)6-2-7(9)4-11-3-6/h2-4,8H,10H2,1H3. The van der Waals surface area contributed by atoms with Crippen molar-refractivity contribution in [2.75, 3.05) is 0 Å². The van der Waals surface area contributed by atoms with Crippen molar-refractivity contribution in [3.05, 3.63) is 29.8 Å². The molecule has 0 saturated carbocycles. The molecule has 0 aliphatic heterocycles. The second kappa shape index (κ2) is 3.40. The molecule has 0 aliphatic carbocycles. The maximum absolute atomic E-state index is 12.6. The summed E-state index contributed by atoms with van der Waals surface area (Å²) in [6.45, 7) is 1.36. The van der Waals surface area contributed by atoms with Gasteiger partial charge in [-0.2, -0.15) is 0 Å². The van der Waals surface area contributed by atoms with Crippen molar-refractivity contribution in [1.29, 1.82) is 0 Å². The summed E-state index contributed by atoms with van der Waals surface area (Å²) in [7, 11) is 0. The quantitative estimate of drug-likeness (QED) is 0.710. The number of carbonyl (C=O) groups excluding carboxylic acids is 1. The number of nitrogens with zero attached hydrogens (tertiary/aromatic N) is 1. The van der Waals surface area contributed by atoms with E-state index in [1.54, 1.807) is 0 Å². The van der Waals surface area contributed by atoms with Gasteiger partial charge in [0.2, 0.25) is 0 Å². The lowest BCUT2D eigenvalue weighted by Crippen LogP contribution is -2.18. The summed E-state index contributed by atoms with van der Waals surface area (Å²) in [6.07, 6.45) is 2.45. The molecular formula is C8H9FN2O. The molecule has 4 heteroatoms. The Morgan fingerprint density at radius 2 is 2.33 bits per heavy atom. The van der Waals surface area contributed by atoms with Crippen molar-refractivity contribution in [3.8, 4) is 0 Å². The van der Waals surface area contributed by atoms with Gasteiger partial charge in [0.1, 0.15) is 5.82 Å². The molecule has 1 aromatic rings. The van der Waals surface area contributed by atoms with E-state index >= 15 is 0 Å². The molecule has 64 valence electrons. The van der Waals surface area contributed by atoms with Gasteiger partial charge in [0.15, 0.2) is 5.78 Å². The zero-order valence-electron chi connectivity index (χ0n) is 6.62. The average molecular weight is 168 g/mol. The van der Waals surface area contributed by atoms with E-state index < -0.39 is 11.9 Å². The van der Waals surface area contributed by atoms with Crippen LogP contribution in [0.4, 0.5) is 4.39 Å². The van der Waals surface area contributed by atoms with Crippen LogP contribution >= 0.6 is 0 Å². The van der Waals surface area contributed by atoms with Crippen molar-refractivity contribution in [2.24, 2.45) is 5.73 Å². The average Bonchev–Trinajstić information content (AvgIpc) is 2.03. The first-order chi connectivity index (χ1) is 5.61. The predicted molar refractivity (Wildman–Crippen MR) is 41.8 cm³/mol. The molecule has 0 fully saturated rings. The Hall–Kier alpha value is -1.29. The van der Waals surface area contributed by atoms with Crippen LogP contribution in [0.25, 0.3) is 0 Å². The van der Waals surface area contributed by atoms with E-state index in [9.17, 15) is 9.18 Å². The van der Waals surface area contributed by atoms with Gasteiger partial charge in [0.25, 0.3) is 0 Å². The van der Waals surface area contributed by atoms with E-state index in [1.165, 1.54) is 19.2 Å². The molecule has 12 heavy (non-hydrogen) atoms. The third kappa shape index (κ3) is 1.85. The van der Waals surface area contributed by atoms with E-state index in [-0.39, 0.29) is 5.78 Å². The zero-order chi connectivity index (χ0) is 9.14. The number of carbonyl (C=O) groups is 1. The van der Waals surface area contributed by atoms with Crippen LogP contribution in [-0.4, -0.2) is 10.8 Å². The Labute approximate surface area is 69.4 Å². The minimum Gasteiger partial charge on any atom is -0.318 e. The van der Waals surface area contributed by atoms with Crippen molar-refractivity contribution in [3.63, 3.8) is 0 Å². The summed E-state index contributed by atoms with van der Waals surface area (Å²) in [4.78, 5) is 14.4. The summed E-state index contributed by atoms with van der Waals surface area (Å²) in [5.74, 6) is -0.688. The van der Waals surface area contributed by atoms with Crippen LogP contribution in [0.15, 0.2) is 18.5 Å². The number of hydrogen-bond acceptors (Lipinski definition) is 3. The summed E-state index contributed by atoms with van der Waals surface area (Å²) >= 11 is 0. The van der Waals surface area contributed by atoms with Crippen molar-refractivity contribution in [2.45, 2.75) is 13.0 Å². The highest BCUT2D eigenvalue weighted by atomic mass is 19.1. The number of ketones is 1. The number of hydrogen-bond donors (Lipinski definition) is 1. The molecule has 0 radical (unpaired) electrons. The summed E-state index contributed by atoms with van der Waals surface area (Å²) in [6, 6.07) is 0.437. The number of aromatic nitrogens is 1. The fraction of sp³-hybridized carbons (Fsp3) is 0.250. The minimum atomic E-state index is -0.770. The highest BCUT2D eigenvalue weighted by Crippen LogP contribution is 2.10. The third-order valence-corrected chi connectivity index (χ3v) is 1.52. The molecule has 0 aliphatic rings. The van der Waals surface area contributed by atoms with Gasteiger partial charge < -0.3 is 5.73 Å². The fourth-order valence-corrected chi connectivity index (χ4v) is 0.833. The van der Waals surface area contributed by atoms with E-state index in [2.05, 4.69) is 4.98 Å². The molecule has 0 spiro atoms. The zero-order valence-corrected chi connectivity index (χ0v) is 6.62. The number of nitrogens with two attached hydrogens (primary N) is 1. The Morgan fingerprint density at radius 1 is 1.67 bits per heavy atom. The van der Waals surface area contributed by atoms with Gasteiger partial charge in [0.05, 0.1) is 12.2 Å². The van der Waals surface area contributed by atoms with Gasteiger partial charge in [-0.05, 0) is 18.6 Å². The highest BCUT2D eigenvalue weighted by molar-refractivity contribution is 5.82. The van der Waals surface area contributed by atoms with Crippen LogP contribution in [0.5, 0.6) is 0 Å². The first-order valence-corrected chi connectivity index (χ1v) is 3.47. The second-order valence-electron chi connectivity index (χ2n) is 2.52. The molecule has 0 bridgehead atoms. The molecule has 3 nitrogen and oxygen atoms in total. The third-order valence-electron chi connectivity index (χ3n) is 1.52. The number of rotatable bonds is 2. The first kappa shape index (κ1) is 8.80. The van der Waals surface area contributed by atoms with Crippen LogP contribution in [0, 0.1) is 5.82 Å². The Morgan fingerprint density at radius 3 is 2.83 bits per heavy atom. The lowest BCUT2D eigenvalue weighted by Gasteiger charge is -2.06. The molecule has 1 atom stereocenters. The van der Waals surface area contributed by atoms with Crippen LogP contribution < -0.4 is 5.73 Å². The van der Waals surface area contributed by atoms with Crippen molar-refractivity contribution < 1.29 is 9.18 Å². The van der Waals surface area contributed by atoms with Crippen LogP contribution in [0.3, 0.4) is 0 Å². The molecule has 0 amide bonds. The lowest BCUT2D eigenvalue weighted by molar-refractivity contribution is -0.118. The van der Waals surface area contributed by atoms with Crippen molar-refractivity contribution >= 4 is 5.78 Å². The minimum absolute atomic E-state index is 0.206. The van der Waals surface area contributed by atoms with E-state index in [0.29, 0.717) is 5.56 Å². The van der Waals surface area contributed by atoms with Gasteiger partial charge in [-0.1, -0.05) is 0 Å². The fourth-order valence-electron chi connectivity index (χ4n) is 0.833. The molecular weight excluding hydrogens is 159 g/mol. The Balaban J connectivity index is 2.95. The molecule has 1 heterocycles. The lowest BCUT2D eigenvalue weighted by atomic mass is 10.1. The largest absolute Gasteiger partial charge is 0.318 e. The number of pyridine rings is 1. The Kier molecular flexibility index (Phi) is 2.50. The topological polar surface area (TPSA) is 56.0 Å². The van der Waals surface area contributed by atoms with Crippen molar-refractivity contribution in [1.82, 2.24) is 4.98 Å². The van der Waals surface area contributed by atoms with Crippen LogP contribution in [0.2, 0.25) is 0 Å². The molecule has 0 saturated heterocycles. The van der Waals surface area contributed by atoms with E-state index in [0.717, 1.165) is 6.20 Å². The maximum Gasteiger partial charge on any atom is 0.151 e. The predicted octanol–water partition coefficient (Wildman–Crippen LogP) is 0.809. The molecule has 0 aromatic carbocycles. The van der Waals surface area contributed by atoms with E-state index in [4.69, 9.17) is 5.73 Å². The van der Waals surface area contributed by atoms with Gasteiger partial charge in [-0.3, -0.25) is 9.78 Å². The summed E-state index contributed by atoms with van der Waals surface area (Å²) in [5, 5.41) is 0. The number of Topliss-reactive ketones (excluding diaryl/α,β-unsaturated/α-hetero) is 1. The monoisotopic (exact) mass is 168 g/mol. The molecule has 1 rings (SSSR count). The van der Waals surface area contributed by atoms with E-state index in [1.807, 2.05) is 0 Å². The second-order valence-corrected chi connectivity index (χ2v) is 2.52. The molecule has 2 N–H and O–H groups in total. The maximum atomic E-state index is 12.6. The van der Waals surface area contributed by atoms with Gasteiger partial charge in [-0.25, -0.2) is 4.39 Å². The SMILES string of the molecule is CC(=O)C(N)c1cncc(F)c1. The van der Waals surface area contributed by atoms with Crippen LogP contribution in [-0.2, 0) is 4.79 Å². The summed E-state index contributed by atoms with van der Waals surface area (Å²) < 4.78 is 12.6. The Bertz CT molecular complexity index is 301. The van der Waals surface area contributed by atoms with Gasteiger partial charge >= 0.3 is 0 Å². The highest BCUT2D eigenvalue weighted by Gasteiger charge is 2.11. The number of halogens is 1. The molecule has 1 unspecified atom stereocenters. The molecule has 1 aromatic heterocycles.